The van der Waals surface area contributed by atoms with E-state index in [0.717, 1.165) is 0 Å². The molecule has 0 aromatic carbocycles. The second-order valence-electron chi connectivity index (χ2n) is 5.26. The molecular formula is C15H32GeO. The van der Waals surface area contributed by atoms with Gasteiger partial charge in [0.05, 0.1) is 0 Å². The van der Waals surface area contributed by atoms with Crippen molar-refractivity contribution in [2.75, 3.05) is 6.61 Å². The standard InChI is InChI=1S/C15H32GeO/c1-4-7-11-16(12-8-5-2,13-9-6-3)14-10-15-17/h10,14,17H,4-9,11-13,15H2,1-3H3/b14-10+. The Bertz CT molecular complexity index is 168. The Kier molecular flexibility index (Phi) is 11.5. The molecule has 2 heteroatoms. The van der Waals surface area contributed by atoms with E-state index in [9.17, 15) is 0 Å². The van der Waals surface area contributed by atoms with Crippen LogP contribution in [-0.2, 0) is 0 Å². The molecule has 0 bridgehead atoms. The number of rotatable bonds is 11. The zero-order valence-corrected chi connectivity index (χ0v) is 14.3. The van der Waals surface area contributed by atoms with Crippen LogP contribution in [0.25, 0.3) is 0 Å². The van der Waals surface area contributed by atoms with Crippen molar-refractivity contribution < 1.29 is 5.11 Å². The van der Waals surface area contributed by atoms with E-state index in [2.05, 4.69) is 25.7 Å². The molecule has 0 amide bonds. The van der Waals surface area contributed by atoms with E-state index in [1.807, 2.05) is 6.08 Å². The minimum absolute atomic E-state index is 0.234. The van der Waals surface area contributed by atoms with Crippen LogP contribution in [0.2, 0.25) is 15.8 Å². The Morgan fingerprint density at radius 1 is 0.824 bits per heavy atom. The summed E-state index contributed by atoms with van der Waals surface area (Å²) < 4.78 is 0. The van der Waals surface area contributed by atoms with Crippen LogP contribution in [0.4, 0.5) is 0 Å². The van der Waals surface area contributed by atoms with Crippen LogP contribution in [0.1, 0.15) is 59.3 Å². The Labute approximate surface area is 111 Å². The van der Waals surface area contributed by atoms with Gasteiger partial charge in [-0.1, -0.05) is 0 Å². The number of hydrogen-bond donors (Lipinski definition) is 1. The first-order valence-corrected chi connectivity index (χ1v) is 13.2. The van der Waals surface area contributed by atoms with Gasteiger partial charge in [-0.15, -0.1) is 0 Å². The fourth-order valence-corrected chi connectivity index (χ4v) is 13.1. The molecule has 0 aliphatic carbocycles. The predicted octanol–water partition coefficient (Wildman–Crippen LogP) is 4.92. The van der Waals surface area contributed by atoms with Crippen LogP contribution in [0, 0.1) is 0 Å². The zero-order chi connectivity index (χ0) is 13.0. The van der Waals surface area contributed by atoms with Crippen molar-refractivity contribution in [3.05, 3.63) is 11.0 Å². The van der Waals surface area contributed by atoms with Gasteiger partial charge < -0.3 is 0 Å². The van der Waals surface area contributed by atoms with Gasteiger partial charge >= 0.3 is 111 Å². The predicted molar refractivity (Wildman–Crippen MR) is 81.1 cm³/mol. The summed E-state index contributed by atoms with van der Waals surface area (Å²) in [6, 6.07) is 0. The zero-order valence-electron chi connectivity index (χ0n) is 12.2. The van der Waals surface area contributed by atoms with Gasteiger partial charge in [-0.05, 0) is 0 Å². The summed E-state index contributed by atoms with van der Waals surface area (Å²) in [5.41, 5.74) is 0. The summed E-state index contributed by atoms with van der Waals surface area (Å²) in [6.45, 7) is 7.12. The van der Waals surface area contributed by atoms with E-state index in [1.54, 1.807) is 0 Å². The summed E-state index contributed by atoms with van der Waals surface area (Å²) in [5.74, 6) is 0. The van der Waals surface area contributed by atoms with E-state index >= 15 is 0 Å². The Morgan fingerprint density at radius 2 is 1.24 bits per heavy atom. The van der Waals surface area contributed by atoms with Crippen molar-refractivity contribution in [2.45, 2.75) is 75.1 Å². The van der Waals surface area contributed by atoms with Crippen LogP contribution in [0.3, 0.4) is 0 Å². The molecule has 0 aliphatic heterocycles. The van der Waals surface area contributed by atoms with E-state index in [1.165, 1.54) is 54.3 Å². The fourth-order valence-electron chi connectivity index (χ4n) is 2.51. The van der Waals surface area contributed by atoms with Gasteiger partial charge in [0.1, 0.15) is 0 Å². The second-order valence-corrected chi connectivity index (χ2v) is 14.8. The molecule has 0 rings (SSSR count). The summed E-state index contributed by atoms with van der Waals surface area (Å²) in [4.78, 5) is 2.50. The molecule has 0 aromatic heterocycles. The van der Waals surface area contributed by atoms with Gasteiger partial charge in [0.15, 0.2) is 0 Å². The average Bonchev–Trinajstić information content (AvgIpc) is 2.37. The molecule has 0 radical (unpaired) electrons. The van der Waals surface area contributed by atoms with E-state index in [-0.39, 0.29) is 6.61 Å². The summed E-state index contributed by atoms with van der Waals surface area (Å²) >= 11 is -1.78. The third-order valence-electron chi connectivity index (χ3n) is 3.66. The Morgan fingerprint density at radius 3 is 1.53 bits per heavy atom. The monoisotopic (exact) mass is 302 g/mol. The summed E-state index contributed by atoms with van der Waals surface area (Å²) in [7, 11) is 0. The van der Waals surface area contributed by atoms with Gasteiger partial charge in [0, 0.05) is 0 Å². The summed E-state index contributed by atoms with van der Waals surface area (Å²) in [5, 5.41) is 13.5. The molecule has 102 valence electrons. The molecule has 0 saturated carbocycles. The number of hydrogen-bond acceptors (Lipinski definition) is 1. The first-order chi connectivity index (χ1) is 8.24. The maximum atomic E-state index is 9.05. The van der Waals surface area contributed by atoms with Crippen LogP contribution < -0.4 is 0 Å². The molecule has 1 N–H and O–H groups in total. The van der Waals surface area contributed by atoms with E-state index in [0.29, 0.717) is 0 Å². The van der Waals surface area contributed by atoms with Crippen molar-refractivity contribution in [3.63, 3.8) is 0 Å². The number of aliphatic hydroxyl groups excluding tert-OH is 1. The van der Waals surface area contributed by atoms with Crippen LogP contribution in [-0.4, -0.2) is 25.0 Å². The van der Waals surface area contributed by atoms with Crippen molar-refractivity contribution in [2.24, 2.45) is 0 Å². The van der Waals surface area contributed by atoms with Gasteiger partial charge in [-0.3, -0.25) is 0 Å². The normalized spacial score (nSPS) is 12.5. The molecule has 0 saturated heterocycles. The molecule has 17 heavy (non-hydrogen) atoms. The van der Waals surface area contributed by atoms with Crippen molar-refractivity contribution >= 4 is 13.3 Å². The van der Waals surface area contributed by atoms with E-state index < -0.39 is 13.3 Å². The molecular weight excluding hydrogens is 269 g/mol. The van der Waals surface area contributed by atoms with Crippen molar-refractivity contribution in [1.82, 2.24) is 0 Å². The first-order valence-electron chi connectivity index (χ1n) is 7.53. The molecule has 0 aromatic rings. The van der Waals surface area contributed by atoms with Crippen LogP contribution in [0.15, 0.2) is 11.0 Å². The Hall–Kier alpha value is 0.243. The van der Waals surface area contributed by atoms with Crippen LogP contribution in [0.5, 0.6) is 0 Å². The van der Waals surface area contributed by atoms with Crippen molar-refractivity contribution in [1.29, 1.82) is 0 Å². The third-order valence-corrected chi connectivity index (χ3v) is 14.1. The average molecular weight is 301 g/mol. The van der Waals surface area contributed by atoms with Gasteiger partial charge in [0.25, 0.3) is 0 Å². The first kappa shape index (κ1) is 17.2. The molecule has 1 nitrogen and oxygen atoms in total. The molecule has 0 spiro atoms. The molecule has 0 fully saturated rings. The molecule has 0 heterocycles. The topological polar surface area (TPSA) is 20.2 Å². The molecule has 0 aliphatic rings. The number of aliphatic hydroxyl groups is 1. The summed E-state index contributed by atoms with van der Waals surface area (Å²) in [6.07, 6.45) is 10.2. The van der Waals surface area contributed by atoms with Gasteiger partial charge in [0.2, 0.25) is 0 Å². The minimum atomic E-state index is -1.78. The molecule has 0 unspecified atom stereocenters. The van der Waals surface area contributed by atoms with Crippen LogP contribution >= 0.6 is 0 Å². The van der Waals surface area contributed by atoms with Crippen molar-refractivity contribution in [3.8, 4) is 0 Å². The molecule has 0 atom stereocenters. The fraction of sp³-hybridized carbons (Fsp3) is 0.867. The van der Waals surface area contributed by atoms with E-state index in [4.69, 9.17) is 5.11 Å². The quantitative estimate of drug-likeness (QED) is 0.537. The SMILES string of the molecule is CCC[CH2][Ge](/[CH]=C/CO)([CH2]CCC)[CH2]CCC. The second kappa shape index (κ2) is 11.3. The maximum absolute atomic E-state index is 9.05. The third kappa shape index (κ3) is 8.04. The number of unbranched alkanes of at least 4 members (excludes halogenated alkanes) is 3. The van der Waals surface area contributed by atoms with Gasteiger partial charge in [-0.25, -0.2) is 0 Å². The van der Waals surface area contributed by atoms with Gasteiger partial charge in [-0.2, -0.15) is 0 Å². The Balaban J connectivity index is 4.57.